The standard InChI is InChI=1S/C7H12N2O3S/c8-4-3-13-2-1-5(7(11)12)9-6(4)10/h4-5H,1-3,8H2,(H,9,10)(H,11,12). The summed E-state index contributed by atoms with van der Waals surface area (Å²) in [6.45, 7) is 0. The van der Waals surface area contributed by atoms with E-state index < -0.39 is 18.1 Å². The maximum Gasteiger partial charge on any atom is 0.326 e. The van der Waals surface area contributed by atoms with E-state index in [9.17, 15) is 9.59 Å². The first-order valence-electron chi connectivity index (χ1n) is 3.98. The highest BCUT2D eigenvalue weighted by molar-refractivity contribution is 7.99. The molecule has 0 radical (unpaired) electrons. The highest BCUT2D eigenvalue weighted by Gasteiger charge is 2.25. The second kappa shape index (κ2) is 4.48. The molecule has 0 spiro atoms. The van der Waals surface area contributed by atoms with Crippen LogP contribution in [0.25, 0.3) is 0 Å². The molecule has 13 heavy (non-hydrogen) atoms. The molecule has 74 valence electrons. The minimum atomic E-state index is -0.997. The topological polar surface area (TPSA) is 92.4 Å². The molecule has 0 aromatic heterocycles. The molecular weight excluding hydrogens is 192 g/mol. The molecule has 5 nitrogen and oxygen atoms in total. The zero-order valence-corrected chi connectivity index (χ0v) is 7.84. The zero-order chi connectivity index (χ0) is 9.84. The Labute approximate surface area is 80.1 Å². The first kappa shape index (κ1) is 10.3. The average Bonchev–Trinajstić information content (AvgIpc) is 2.06. The quantitative estimate of drug-likeness (QED) is 0.510. The first-order chi connectivity index (χ1) is 6.11. The van der Waals surface area contributed by atoms with Gasteiger partial charge >= 0.3 is 5.97 Å². The molecule has 1 amide bonds. The monoisotopic (exact) mass is 204 g/mol. The normalized spacial score (nSPS) is 30.1. The van der Waals surface area contributed by atoms with Gasteiger partial charge in [-0.3, -0.25) is 4.79 Å². The second-order valence-electron chi connectivity index (χ2n) is 2.87. The minimum absolute atomic E-state index is 0.375. The molecule has 4 N–H and O–H groups in total. The van der Waals surface area contributed by atoms with Gasteiger partial charge in [0.2, 0.25) is 5.91 Å². The Morgan fingerprint density at radius 1 is 1.69 bits per heavy atom. The number of aliphatic carboxylic acids is 1. The number of carboxylic acid groups (broad SMARTS) is 1. The summed E-state index contributed by atoms with van der Waals surface area (Å²) < 4.78 is 0. The zero-order valence-electron chi connectivity index (χ0n) is 7.03. The van der Waals surface area contributed by atoms with Crippen molar-refractivity contribution in [3.05, 3.63) is 0 Å². The molecule has 2 atom stereocenters. The van der Waals surface area contributed by atoms with E-state index in [2.05, 4.69) is 5.32 Å². The fourth-order valence-electron chi connectivity index (χ4n) is 1.02. The van der Waals surface area contributed by atoms with Gasteiger partial charge in [-0.1, -0.05) is 0 Å². The van der Waals surface area contributed by atoms with Crippen molar-refractivity contribution in [2.45, 2.75) is 18.5 Å². The van der Waals surface area contributed by atoms with Crippen LogP contribution in [0, 0.1) is 0 Å². The Morgan fingerprint density at radius 2 is 2.38 bits per heavy atom. The molecule has 0 saturated carbocycles. The van der Waals surface area contributed by atoms with Gasteiger partial charge in [0.25, 0.3) is 0 Å². The van der Waals surface area contributed by atoms with Crippen LogP contribution >= 0.6 is 11.8 Å². The molecule has 1 fully saturated rings. The Hall–Kier alpha value is -0.750. The van der Waals surface area contributed by atoms with Crippen molar-refractivity contribution in [1.82, 2.24) is 5.32 Å². The number of carboxylic acids is 1. The first-order valence-corrected chi connectivity index (χ1v) is 5.13. The number of nitrogens with one attached hydrogen (secondary N) is 1. The Balaban J connectivity index is 2.58. The highest BCUT2D eigenvalue weighted by atomic mass is 32.2. The summed E-state index contributed by atoms with van der Waals surface area (Å²) in [7, 11) is 0. The smallest absolute Gasteiger partial charge is 0.326 e. The van der Waals surface area contributed by atoms with E-state index in [1.807, 2.05) is 0 Å². The van der Waals surface area contributed by atoms with E-state index in [0.717, 1.165) is 0 Å². The molecule has 6 heteroatoms. The fraction of sp³-hybridized carbons (Fsp3) is 0.714. The molecule has 0 aromatic carbocycles. The van der Waals surface area contributed by atoms with Crippen molar-refractivity contribution in [3.8, 4) is 0 Å². The van der Waals surface area contributed by atoms with E-state index in [0.29, 0.717) is 17.9 Å². The lowest BCUT2D eigenvalue weighted by atomic mass is 10.2. The van der Waals surface area contributed by atoms with Crippen LogP contribution in [0.1, 0.15) is 6.42 Å². The predicted octanol–water partition coefficient (Wildman–Crippen LogP) is -0.980. The maximum absolute atomic E-state index is 11.2. The van der Waals surface area contributed by atoms with E-state index >= 15 is 0 Å². The van der Waals surface area contributed by atoms with Crippen LogP contribution in [-0.4, -0.2) is 40.6 Å². The third-order valence-corrected chi connectivity index (χ3v) is 2.92. The van der Waals surface area contributed by atoms with Crippen LogP contribution in [0.15, 0.2) is 0 Å². The van der Waals surface area contributed by atoms with E-state index in [1.165, 1.54) is 11.8 Å². The van der Waals surface area contributed by atoms with Crippen LogP contribution in [0.2, 0.25) is 0 Å². The number of rotatable bonds is 1. The molecule has 0 aromatic rings. The van der Waals surface area contributed by atoms with Gasteiger partial charge in [0.1, 0.15) is 6.04 Å². The van der Waals surface area contributed by atoms with Crippen LogP contribution < -0.4 is 11.1 Å². The lowest BCUT2D eigenvalue weighted by molar-refractivity contribution is -0.142. The predicted molar refractivity (Wildman–Crippen MR) is 49.5 cm³/mol. The molecule has 1 saturated heterocycles. The summed E-state index contributed by atoms with van der Waals surface area (Å²) in [5.74, 6) is -0.106. The Morgan fingerprint density at radius 3 is 3.00 bits per heavy atom. The summed E-state index contributed by atoms with van der Waals surface area (Å²) in [5, 5.41) is 11.1. The van der Waals surface area contributed by atoms with Crippen molar-refractivity contribution in [3.63, 3.8) is 0 Å². The molecule has 1 rings (SSSR count). The average molecular weight is 204 g/mol. The summed E-state index contributed by atoms with van der Waals surface area (Å²) in [6.07, 6.45) is 0.457. The summed E-state index contributed by atoms with van der Waals surface area (Å²) in [6, 6.07) is -1.38. The molecule has 0 bridgehead atoms. The van der Waals surface area contributed by atoms with Gasteiger partial charge in [0.05, 0.1) is 6.04 Å². The van der Waals surface area contributed by atoms with Crippen molar-refractivity contribution < 1.29 is 14.7 Å². The Kier molecular flexibility index (Phi) is 3.56. The van der Waals surface area contributed by atoms with Gasteiger partial charge in [0.15, 0.2) is 0 Å². The molecule has 2 unspecified atom stereocenters. The third kappa shape index (κ3) is 2.89. The highest BCUT2D eigenvalue weighted by Crippen LogP contribution is 2.10. The van der Waals surface area contributed by atoms with E-state index in [1.54, 1.807) is 0 Å². The van der Waals surface area contributed by atoms with Gasteiger partial charge in [-0.05, 0) is 12.2 Å². The van der Waals surface area contributed by atoms with E-state index in [-0.39, 0.29) is 5.91 Å². The summed E-state index contributed by atoms with van der Waals surface area (Å²) >= 11 is 1.51. The van der Waals surface area contributed by atoms with Gasteiger partial charge in [-0.15, -0.1) is 0 Å². The van der Waals surface area contributed by atoms with Gasteiger partial charge in [-0.2, -0.15) is 11.8 Å². The lowest BCUT2D eigenvalue weighted by Crippen LogP contribution is -2.50. The Bertz CT molecular complexity index is 222. The van der Waals surface area contributed by atoms with Crippen molar-refractivity contribution in [1.29, 1.82) is 0 Å². The van der Waals surface area contributed by atoms with Crippen LogP contribution in [-0.2, 0) is 9.59 Å². The largest absolute Gasteiger partial charge is 0.480 e. The second-order valence-corrected chi connectivity index (χ2v) is 4.02. The van der Waals surface area contributed by atoms with Crippen LogP contribution in [0.3, 0.4) is 0 Å². The number of nitrogens with two attached hydrogens (primary N) is 1. The van der Waals surface area contributed by atoms with Crippen LogP contribution in [0.4, 0.5) is 0 Å². The van der Waals surface area contributed by atoms with Gasteiger partial charge < -0.3 is 16.2 Å². The third-order valence-electron chi connectivity index (χ3n) is 1.80. The van der Waals surface area contributed by atoms with Crippen LogP contribution in [0.5, 0.6) is 0 Å². The molecule has 1 heterocycles. The van der Waals surface area contributed by atoms with E-state index in [4.69, 9.17) is 10.8 Å². The summed E-state index contributed by atoms with van der Waals surface area (Å²) in [5.41, 5.74) is 5.48. The maximum atomic E-state index is 11.2. The molecule has 0 aliphatic carbocycles. The number of carbonyl (C=O) groups is 2. The van der Waals surface area contributed by atoms with Gasteiger partial charge in [0, 0.05) is 5.75 Å². The summed E-state index contributed by atoms with van der Waals surface area (Å²) in [4.78, 5) is 21.8. The number of hydrogen-bond donors (Lipinski definition) is 3. The van der Waals surface area contributed by atoms with Crippen molar-refractivity contribution in [2.75, 3.05) is 11.5 Å². The number of amides is 1. The van der Waals surface area contributed by atoms with Crippen molar-refractivity contribution >= 4 is 23.6 Å². The number of hydrogen-bond acceptors (Lipinski definition) is 4. The SMILES string of the molecule is NC1CSCCC(C(=O)O)NC1=O. The fourth-order valence-corrected chi connectivity index (χ4v) is 2.00. The minimum Gasteiger partial charge on any atom is -0.480 e. The molecule has 1 aliphatic rings. The number of carbonyl (C=O) groups excluding carboxylic acids is 1. The lowest BCUT2D eigenvalue weighted by Gasteiger charge is -2.20. The van der Waals surface area contributed by atoms with Gasteiger partial charge in [-0.25, -0.2) is 4.79 Å². The van der Waals surface area contributed by atoms with Crippen molar-refractivity contribution in [2.24, 2.45) is 5.73 Å². The molecule has 1 aliphatic heterocycles. The number of thioether (sulfide) groups is 1. The molecular formula is C7H12N2O3S.